The van der Waals surface area contributed by atoms with Crippen LogP contribution in [0.5, 0.6) is 11.5 Å². The van der Waals surface area contributed by atoms with Gasteiger partial charge in [0.25, 0.3) is 0 Å². The van der Waals surface area contributed by atoms with Crippen molar-refractivity contribution >= 4 is 0 Å². The minimum Gasteiger partial charge on any atom is -0.457 e. The molecule has 0 bridgehead atoms. The minimum absolute atomic E-state index is 0.156. The predicted octanol–water partition coefficient (Wildman–Crippen LogP) is 4.56. The van der Waals surface area contributed by atoms with E-state index in [0.29, 0.717) is 0 Å². The summed E-state index contributed by atoms with van der Waals surface area (Å²) in [6.07, 6.45) is 0. The van der Waals surface area contributed by atoms with Gasteiger partial charge in [0, 0.05) is 6.54 Å². The van der Waals surface area contributed by atoms with Crippen molar-refractivity contribution < 1.29 is 4.74 Å². The molecule has 0 aliphatic carbocycles. The van der Waals surface area contributed by atoms with Crippen LogP contribution in [0.4, 0.5) is 0 Å². The van der Waals surface area contributed by atoms with Crippen molar-refractivity contribution in [3.8, 4) is 11.5 Å². The number of ether oxygens (including phenoxy) is 1. The van der Waals surface area contributed by atoms with E-state index in [2.05, 4.69) is 32.9 Å². The molecule has 0 saturated carbocycles. The van der Waals surface area contributed by atoms with Gasteiger partial charge in [-0.05, 0) is 40.8 Å². The highest BCUT2D eigenvalue weighted by Crippen LogP contribution is 2.27. The molecule has 2 aromatic rings. The monoisotopic (exact) mass is 254 g/mol. The van der Waals surface area contributed by atoms with Crippen LogP contribution < -0.4 is 10.5 Å². The maximum absolute atomic E-state index is 7.36. The number of rotatable bonds is 3. The van der Waals surface area contributed by atoms with E-state index >= 15 is 0 Å². The lowest BCUT2D eigenvalue weighted by Crippen LogP contribution is -2.10. The first-order valence-corrected chi connectivity index (χ1v) is 6.51. The molecule has 0 aromatic heterocycles. The molecule has 0 amide bonds. The summed E-state index contributed by atoms with van der Waals surface area (Å²) in [6.45, 7) is 6.86. The Labute approximate surface area is 115 Å². The van der Waals surface area contributed by atoms with Gasteiger partial charge in [-0.1, -0.05) is 45.0 Å². The molecule has 0 aliphatic heterocycles. The normalized spacial score (nSPS) is 11.4. The summed E-state index contributed by atoms with van der Waals surface area (Å²) in [5.41, 5.74) is 9.77. The molecule has 1 N–H and O–H groups in total. The summed E-state index contributed by atoms with van der Waals surface area (Å²) in [7, 11) is 0. The molecule has 0 aliphatic rings. The maximum atomic E-state index is 7.36. The predicted molar refractivity (Wildman–Crippen MR) is 78.5 cm³/mol. The van der Waals surface area contributed by atoms with Gasteiger partial charge in [0.15, 0.2) is 0 Å². The molecular weight excluding hydrogens is 234 g/mol. The fraction of sp³-hybridized carbons (Fsp3) is 0.294. The molecule has 19 heavy (non-hydrogen) atoms. The second-order valence-corrected chi connectivity index (χ2v) is 5.70. The van der Waals surface area contributed by atoms with Gasteiger partial charge in [-0.3, -0.25) is 5.73 Å². The first kappa shape index (κ1) is 13.6. The molecule has 1 radical (unpaired) electrons. The van der Waals surface area contributed by atoms with Crippen molar-refractivity contribution in [2.24, 2.45) is 0 Å². The molecule has 99 valence electrons. The van der Waals surface area contributed by atoms with Gasteiger partial charge in [0.05, 0.1) is 0 Å². The van der Waals surface area contributed by atoms with E-state index in [4.69, 9.17) is 10.5 Å². The van der Waals surface area contributed by atoms with Gasteiger partial charge < -0.3 is 4.74 Å². The zero-order valence-electron chi connectivity index (χ0n) is 11.7. The molecule has 2 nitrogen and oxygen atoms in total. The molecule has 0 atom stereocenters. The molecular formula is C17H20NO. The standard InChI is InChI=1S/C17H20NO/c1-17(2,3)14-7-9-15(10-8-14)19-16-6-4-5-13(11-16)12-18/h4-11,18H,12H2,1-3H3. The van der Waals surface area contributed by atoms with Crippen LogP contribution in [-0.4, -0.2) is 0 Å². The van der Waals surface area contributed by atoms with Gasteiger partial charge in [0.1, 0.15) is 11.5 Å². The van der Waals surface area contributed by atoms with Crippen LogP contribution in [0.15, 0.2) is 48.5 Å². The van der Waals surface area contributed by atoms with E-state index < -0.39 is 0 Å². The summed E-state index contributed by atoms with van der Waals surface area (Å²) in [5, 5.41) is 0. The van der Waals surface area contributed by atoms with Crippen LogP contribution in [0, 0.1) is 0 Å². The highest BCUT2D eigenvalue weighted by atomic mass is 16.5. The smallest absolute Gasteiger partial charge is 0.127 e. The first-order valence-electron chi connectivity index (χ1n) is 6.51. The number of nitrogens with one attached hydrogen (secondary N) is 1. The zero-order valence-corrected chi connectivity index (χ0v) is 11.7. The first-order chi connectivity index (χ1) is 8.99. The van der Waals surface area contributed by atoms with Crippen LogP contribution >= 0.6 is 0 Å². The Morgan fingerprint density at radius 2 is 1.63 bits per heavy atom. The average Bonchev–Trinajstić information content (AvgIpc) is 2.38. The van der Waals surface area contributed by atoms with Crippen molar-refractivity contribution in [1.29, 1.82) is 0 Å². The molecule has 2 rings (SSSR count). The van der Waals surface area contributed by atoms with Crippen molar-refractivity contribution in [2.75, 3.05) is 0 Å². The van der Waals surface area contributed by atoms with Gasteiger partial charge in [-0.25, -0.2) is 0 Å². The molecule has 0 unspecified atom stereocenters. The van der Waals surface area contributed by atoms with E-state index in [0.717, 1.165) is 17.1 Å². The van der Waals surface area contributed by atoms with Crippen LogP contribution in [0.3, 0.4) is 0 Å². The summed E-state index contributed by atoms with van der Waals surface area (Å²) < 4.78 is 5.81. The van der Waals surface area contributed by atoms with E-state index in [1.807, 2.05) is 36.4 Å². The molecule has 2 aromatic carbocycles. The highest BCUT2D eigenvalue weighted by molar-refractivity contribution is 5.36. The lowest BCUT2D eigenvalue weighted by atomic mass is 9.87. The Kier molecular flexibility index (Phi) is 3.91. The second kappa shape index (κ2) is 5.45. The van der Waals surface area contributed by atoms with Crippen molar-refractivity contribution in [1.82, 2.24) is 5.73 Å². The maximum Gasteiger partial charge on any atom is 0.127 e. The van der Waals surface area contributed by atoms with Gasteiger partial charge in [0.2, 0.25) is 0 Å². The van der Waals surface area contributed by atoms with Gasteiger partial charge in [-0.15, -0.1) is 0 Å². The fourth-order valence-corrected chi connectivity index (χ4v) is 1.88. The molecule has 0 spiro atoms. The summed E-state index contributed by atoms with van der Waals surface area (Å²) in [4.78, 5) is 0. The van der Waals surface area contributed by atoms with Crippen LogP contribution in [-0.2, 0) is 12.0 Å². The van der Waals surface area contributed by atoms with Crippen LogP contribution in [0.2, 0.25) is 0 Å². The number of benzene rings is 2. The van der Waals surface area contributed by atoms with E-state index in [1.165, 1.54) is 5.56 Å². The Bertz CT molecular complexity index is 538. The lowest BCUT2D eigenvalue weighted by molar-refractivity contribution is 0.480. The third-order valence-corrected chi connectivity index (χ3v) is 3.06. The van der Waals surface area contributed by atoms with Crippen molar-refractivity contribution in [3.05, 3.63) is 59.7 Å². The Hall–Kier alpha value is -1.80. The number of hydrogen-bond acceptors (Lipinski definition) is 1. The lowest BCUT2D eigenvalue weighted by Gasteiger charge is -2.19. The Morgan fingerprint density at radius 3 is 2.21 bits per heavy atom. The van der Waals surface area contributed by atoms with Gasteiger partial charge in [-0.2, -0.15) is 0 Å². The molecule has 0 heterocycles. The molecule has 0 fully saturated rings. The fourth-order valence-electron chi connectivity index (χ4n) is 1.88. The third kappa shape index (κ3) is 3.58. The highest BCUT2D eigenvalue weighted by Gasteiger charge is 2.13. The van der Waals surface area contributed by atoms with Crippen molar-refractivity contribution in [3.63, 3.8) is 0 Å². The molecule has 2 heteroatoms. The van der Waals surface area contributed by atoms with E-state index in [9.17, 15) is 0 Å². The summed E-state index contributed by atoms with van der Waals surface area (Å²) in [5.74, 6) is 1.61. The van der Waals surface area contributed by atoms with E-state index in [-0.39, 0.29) is 12.0 Å². The Morgan fingerprint density at radius 1 is 0.947 bits per heavy atom. The Balaban J connectivity index is 2.15. The largest absolute Gasteiger partial charge is 0.457 e. The zero-order chi connectivity index (χ0) is 13.9. The average molecular weight is 254 g/mol. The van der Waals surface area contributed by atoms with Gasteiger partial charge >= 0.3 is 0 Å². The topological polar surface area (TPSA) is 33.0 Å². The SMILES string of the molecule is CC(C)(C)c1ccc(Oc2cccc(C[NH])c2)cc1. The number of hydrogen-bond donors (Lipinski definition) is 0. The third-order valence-electron chi connectivity index (χ3n) is 3.06. The van der Waals surface area contributed by atoms with Crippen molar-refractivity contribution in [2.45, 2.75) is 32.7 Å². The van der Waals surface area contributed by atoms with Crippen LogP contribution in [0.25, 0.3) is 0 Å². The second-order valence-electron chi connectivity index (χ2n) is 5.70. The van der Waals surface area contributed by atoms with Crippen LogP contribution in [0.1, 0.15) is 31.9 Å². The quantitative estimate of drug-likeness (QED) is 0.790. The minimum atomic E-state index is 0.156. The molecule has 0 saturated heterocycles. The van der Waals surface area contributed by atoms with E-state index in [1.54, 1.807) is 0 Å². The summed E-state index contributed by atoms with van der Waals surface area (Å²) in [6, 6.07) is 15.9. The summed E-state index contributed by atoms with van der Waals surface area (Å²) >= 11 is 0.